The van der Waals surface area contributed by atoms with Crippen LogP contribution in [0, 0.1) is 0 Å². The minimum atomic E-state index is 0.127. The molecular weight excluding hydrogens is 560 g/mol. The third kappa shape index (κ3) is 7.55. The number of rotatable bonds is 11. The van der Waals surface area contributed by atoms with Crippen molar-refractivity contribution >= 4 is 57.7 Å². The fraction of sp³-hybridized carbons (Fsp3) is 0.148. The molecule has 0 radical (unpaired) electrons. The van der Waals surface area contributed by atoms with Gasteiger partial charge in [0.1, 0.15) is 27.6 Å². The molecule has 0 aliphatic heterocycles. The van der Waals surface area contributed by atoms with Crippen LogP contribution in [0.25, 0.3) is 21.8 Å². The van der Waals surface area contributed by atoms with E-state index in [2.05, 4.69) is 17.5 Å². The molecule has 186 valence electrons. The van der Waals surface area contributed by atoms with Crippen molar-refractivity contribution in [2.75, 3.05) is 19.8 Å². The van der Waals surface area contributed by atoms with Gasteiger partial charge in [-0.1, -0.05) is 76.7 Å². The van der Waals surface area contributed by atoms with Gasteiger partial charge in [-0.25, -0.2) is 4.98 Å². The van der Waals surface area contributed by atoms with Gasteiger partial charge in [0, 0.05) is 35.1 Å². The van der Waals surface area contributed by atoms with Crippen LogP contribution in [0.5, 0.6) is 17.2 Å². The first-order chi connectivity index (χ1) is 17.5. The summed E-state index contributed by atoms with van der Waals surface area (Å²) in [7, 11) is 0. The zero-order valence-corrected chi connectivity index (χ0v) is 22.8. The van der Waals surface area contributed by atoms with Crippen LogP contribution in [-0.2, 0) is 0 Å². The Bertz CT molecular complexity index is 1280. The number of ether oxygens (including phenoxy) is 3. The van der Waals surface area contributed by atoms with E-state index in [0.29, 0.717) is 41.2 Å². The summed E-state index contributed by atoms with van der Waals surface area (Å²) < 4.78 is 17.2. The number of benzene rings is 3. The van der Waals surface area contributed by atoms with Crippen LogP contribution in [0.1, 0.15) is 6.42 Å². The summed E-state index contributed by atoms with van der Waals surface area (Å²) in [6, 6.07) is 21.3. The molecular formula is C27H21Cl4NO3S. The quantitative estimate of drug-likeness (QED) is 0.166. The van der Waals surface area contributed by atoms with Crippen LogP contribution in [-0.4, -0.2) is 24.8 Å². The second-order valence-corrected chi connectivity index (χ2v) is 10.2. The molecule has 36 heavy (non-hydrogen) atoms. The highest BCUT2D eigenvalue weighted by atomic mass is 35.5. The van der Waals surface area contributed by atoms with Crippen LogP contribution in [0.2, 0.25) is 10.0 Å². The van der Waals surface area contributed by atoms with Gasteiger partial charge in [-0.15, -0.1) is 11.3 Å². The average molecular weight is 581 g/mol. The molecule has 0 aliphatic rings. The predicted octanol–water partition coefficient (Wildman–Crippen LogP) is 9.33. The van der Waals surface area contributed by atoms with Gasteiger partial charge in [0.15, 0.2) is 5.75 Å². The number of hydrogen-bond donors (Lipinski definition) is 0. The van der Waals surface area contributed by atoms with Gasteiger partial charge in [-0.2, -0.15) is 0 Å². The van der Waals surface area contributed by atoms with Crippen molar-refractivity contribution in [3.05, 3.63) is 92.7 Å². The number of thiazole rings is 1. The Hall–Kier alpha value is -2.41. The van der Waals surface area contributed by atoms with E-state index in [9.17, 15) is 0 Å². The first-order valence-electron chi connectivity index (χ1n) is 11.0. The van der Waals surface area contributed by atoms with Crippen LogP contribution in [0.4, 0.5) is 0 Å². The molecule has 0 saturated carbocycles. The van der Waals surface area contributed by atoms with E-state index in [1.807, 2.05) is 42.5 Å². The van der Waals surface area contributed by atoms with Gasteiger partial charge in [0.05, 0.1) is 29.0 Å². The van der Waals surface area contributed by atoms with Crippen molar-refractivity contribution in [1.82, 2.24) is 4.98 Å². The van der Waals surface area contributed by atoms with E-state index >= 15 is 0 Å². The third-order valence-electron chi connectivity index (χ3n) is 4.94. The molecule has 3 aromatic carbocycles. The number of hydrogen-bond acceptors (Lipinski definition) is 5. The van der Waals surface area contributed by atoms with Crippen LogP contribution in [0.3, 0.4) is 0 Å². The summed E-state index contributed by atoms with van der Waals surface area (Å²) >= 11 is 25.4. The molecule has 0 saturated heterocycles. The maximum absolute atomic E-state index is 6.29. The Morgan fingerprint density at radius 1 is 0.806 bits per heavy atom. The van der Waals surface area contributed by atoms with E-state index in [1.165, 1.54) is 6.08 Å². The third-order valence-corrected chi connectivity index (χ3v) is 6.70. The van der Waals surface area contributed by atoms with Crippen molar-refractivity contribution < 1.29 is 14.2 Å². The Labute approximate surface area is 234 Å². The summed E-state index contributed by atoms with van der Waals surface area (Å²) in [5.74, 6) is 1.67. The number of halogens is 4. The van der Waals surface area contributed by atoms with E-state index in [1.54, 1.807) is 23.5 Å². The Kier molecular flexibility index (Phi) is 9.79. The van der Waals surface area contributed by atoms with E-state index in [0.717, 1.165) is 27.6 Å². The molecule has 0 N–H and O–H groups in total. The molecule has 0 aliphatic carbocycles. The monoisotopic (exact) mass is 579 g/mol. The highest BCUT2D eigenvalue weighted by Gasteiger charge is 2.11. The lowest BCUT2D eigenvalue weighted by Gasteiger charge is -2.12. The number of aromatic nitrogens is 1. The first kappa shape index (κ1) is 26.6. The largest absolute Gasteiger partial charge is 0.493 e. The molecule has 0 bridgehead atoms. The molecule has 4 nitrogen and oxygen atoms in total. The zero-order chi connectivity index (χ0) is 25.3. The van der Waals surface area contributed by atoms with Crippen molar-refractivity contribution in [2.45, 2.75) is 6.42 Å². The van der Waals surface area contributed by atoms with Crippen LogP contribution >= 0.6 is 57.7 Å². The molecule has 4 rings (SSSR count). The normalized spacial score (nSPS) is 10.7. The molecule has 9 heteroatoms. The smallest absolute Gasteiger partial charge is 0.156 e. The lowest BCUT2D eigenvalue weighted by Crippen LogP contribution is -2.05. The Morgan fingerprint density at radius 2 is 1.50 bits per heavy atom. The Balaban J connectivity index is 1.23. The van der Waals surface area contributed by atoms with E-state index < -0.39 is 0 Å². The topological polar surface area (TPSA) is 40.6 Å². The van der Waals surface area contributed by atoms with Crippen LogP contribution in [0.15, 0.2) is 82.7 Å². The maximum Gasteiger partial charge on any atom is 0.156 e. The highest BCUT2D eigenvalue weighted by molar-refractivity contribution is 7.13. The first-order valence-corrected chi connectivity index (χ1v) is 13.4. The molecule has 4 aromatic rings. The van der Waals surface area contributed by atoms with Gasteiger partial charge in [-0.3, -0.25) is 0 Å². The van der Waals surface area contributed by atoms with Gasteiger partial charge in [0.25, 0.3) is 0 Å². The summed E-state index contributed by atoms with van der Waals surface area (Å²) in [5, 5.41) is 3.78. The molecule has 1 aromatic heterocycles. The average Bonchev–Trinajstić information content (AvgIpc) is 3.36. The van der Waals surface area contributed by atoms with E-state index in [-0.39, 0.29) is 11.1 Å². The van der Waals surface area contributed by atoms with Crippen molar-refractivity contribution in [3.8, 4) is 39.1 Å². The second-order valence-electron chi connectivity index (χ2n) is 7.50. The summed E-state index contributed by atoms with van der Waals surface area (Å²) in [6.07, 6.45) is 2.17. The summed E-state index contributed by atoms with van der Waals surface area (Å²) in [5.41, 5.74) is 3.11. The number of nitrogens with zero attached hydrogens (tertiary/aromatic N) is 1. The fourth-order valence-electron chi connectivity index (χ4n) is 3.22. The molecule has 0 atom stereocenters. The van der Waals surface area contributed by atoms with Gasteiger partial charge >= 0.3 is 0 Å². The SMILES string of the molecule is ClC(Cl)=CCOc1cc(Cl)c(OCCCOc2ccc(-c3csc(-c4ccccc4)n3)cc2)c(Cl)c1. The second kappa shape index (κ2) is 13.2. The Morgan fingerprint density at radius 3 is 2.19 bits per heavy atom. The minimum absolute atomic E-state index is 0.127. The lowest BCUT2D eigenvalue weighted by atomic mass is 10.1. The van der Waals surface area contributed by atoms with Crippen molar-refractivity contribution in [1.29, 1.82) is 0 Å². The molecule has 0 spiro atoms. The maximum atomic E-state index is 6.29. The molecule has 1 heterocycles. The molecule has 0 unspecified atom stereocenters. The summed E-state index contributed by atoms with van der Waals surface area (Å²) in [6.45, 7) is 1.07. The summed E-state index contributed by atoms with van der Waals surface area (Å²) in [4.78, 5) is 4.76. The molecule has 0 amide bonds. The van der Waals surface area contributed by atoms with Gasteiger partial charge in [0.2, 0.25) is 0 Å². The lowest BCUT2D eigenvalue weighted by molar-refractivity contribution is 0.247. The predicted molar refractivity (Wildman–Crippen MR) is 150 cm³/mol. The van der Waals surface area contributed by atoms with Crippen LogP contribution < -0.4 is 14.2 Å². The standard InChI is InChI=1S/C27H21Cl4NO3S/c28-22-15-21(34-14-11-25(30)31)16-23(29)26(22)35-13-4-12-33-20-9-7-18(8-10-20)24-17-36-27(32-24)19-5-2-1-3-6-19/h1-3,5-11,15-17H,4,12-14H2. The van der Waals surface area contributed by atoms with Gasteiger partial charge < -0.3 is 14.2 Å². The van der Waals surface area contributed by atoms with Gasteiger partial charge in [-0.05, 0) is 30.3 Å². The fourth-order valence-corrected chi connectivity index (χ4v) is 4.76. The molecule has 0 fully saturated rings. The van der Waals surface area contributed by atoms with Crippen molar-refractivity contribution in [2.24, 2.45) is 0 Å². The van der Waals surface area contributed by atoms with E-state index in [4.69, 9.17) is 65.6 Å². The zero-order valence-electron chi connectivity index (χ0n) is 18.9. The minimum Gasteiger partial charge on any atom is -0.493 e. The highest BCUT2D eigenvalue weighted by Crippen LogP contribution is 2.37. The van der Waals surface area contributed by atoms with Crippen molar-refractivity contribution in [3.63, 3.8) is 0 Å².